The van der Waals surface area contributed by atoms with Crippen molar-refractivity contribution >= 4 is 17.4 Å². The number of anilines is 1. The lowest BCUT2D eigenvalue weighted by Gasteiger charge is -2.05. The zero-order chi connectivity index (χ0) is 17.6. The molecule has 124 valence electrons. The largest absolute Gasteiger partial charge is 0.309 e. The normalized spacial score (nSPS) is 18.8. The Labute approximate surface area is 141 Å². The third kappa shape index (κ3) is 2.72. The van der Waals surface area contributed by atoms with Crippen LogP contribution >= 0.6 is 0 Å². The van der Waals surface area contributed by atoms with Crippen molar-refractivity contribution in [3.8, 4) is 17.2 Å². The number of pyridine rings is 1. The van der Waals surface area contributed by atoms with Gasteiger partial charge in [0.1, 0.15) is 23.7 Å². The number of nitrogens with zero attached hydrogens (tertiary/aromatic N) is 3. The van der Waals surface area contributed by atoms with Crippen LogP contribution in [0.2, 0.25) is 0 Å². The van der Waals surface area contributed by atoms with Crippen LogP contribution < -0.4 is 5.32 Å². The molecule has 0 aliphatic heterocycles. The van der Waals surface area contributed by atoms with E-state index in [-0.39, 0.29) is 17.9 Å². The Morgan fingerprint density at radius 1 is 1.32 bits per heavy atom. The van der Waals surface area contributed by atoms with E-state index < -0.39 is 17.9 Å². The second kappa shape index (κ2) is 5.67. The van der Waals surface area contributed by atoms with Crippen LogP contribution in [0.3, 0.4) is 0 Å². The van der Waals surface area contributed by atoms with E-state index in [2.05, 4.69) is 10.3 Å². The highest BCUT2D eigenvalue weighted by atomic mass is 19.1. The second-order valence-electron chi connectivity index (χ2n) is 5.93. The van der Waals surface area contributed by atoms with Crippen molar-refractivity contribution in [2.75, 3.05) is 5.32 Å². The molecule has 7 heteroatoms. The molecule has 1 aliphatic rings. The molecule has 0 radical (unpaired) electrons. The summed E-state index contributed by atoms with van der Waals surface area (Å²) in [5.74, 6) is -1.23. The fraction of sp³-hybridized carbons (Fsp3) is 0.167. The minimum Gasteiger partial charge on any atom is -0.309 e. The Morgan fingerprint density at radius 3 is 2.84 bits per heavy atom. The highest BCUT2D eigenvalue weighted by Gasteiger charge is 2.43. The van der Waals surface area contributed by atoms with Crippen molar-refractivity contribution in [3.63, 3.8) is 0 Å². The van der Waals surface area contributed by atoms with Crippen molar-refractivity contribution in [1.29, 1.82) is 5.26 Å². The van der Waals surface area contributed by atoms with Crippen LogP contribution in [0.4, 0.5) is 14.6 Å². The molecule has 5 nitrogen and oxygen atoms in total. The van der Waals surface area contributed by atoms with E-state index in [0.29, 0.717) is 22.6 Å². The minimum atomic E-state index is -1.07. The number of carbonyl (C=O) groups excluding carboxylic acids is 1. The number of carbonyl (C=O) groups is 1. The molecule has 1 fully saturated rings. The molecule has 2 atom stereocenters. The van der Waals surface area contributed by atoms with Gasteiger partial charge in [0, 0.05) is 11.8 Å². The molecule has 1 saturated carbocycles. The third-order valence-electron chi connectivity index (χ3n) is 4.19. The Balaban J connectivity index is 1.68. The summed E-state index contributed by atoms with van der Waals surface area (Å²) in [6, 6.07) is 9.74. The standard InChI is InChI=1S/C18H12F2N4O/c19-14-3-1-2-11(13(14)7-21)10-4-5-17-22-16(9-24(17)8-10)23-18(25)12-6-15(12)20/h1-5,8-9,12,15H,6H2,(H,23,25)/t12-,15+/m1/s1. The number of benzene rings is 1. The monoisotopic (exact) mass is 338 g/mol. The number of imidazole rings is 1. The van der Waals surface area contributed by atoms with Gasteiger partial charge in [0.25, 0.3) is 0 Å². The quantitative estimate of drug-likeness (QED) is 0.796. The van der Waals surface area contributed by atoms with Crippen molar-refractivity contribution < 1.29 is 13.6 Å². The van der Waals surface area contributed by atoms with Crippen LogP contribution in [-0.4, -0.2) is 21.5 Å². The van der Waals surface area contributed by atoms with Crippen molar-refractivity contribution in [2.45, 2.75) is 12.6 Å². The van der Waals surface area contributed by atoms with E-state index >= 15 is 0 Å². The molecular formula is C18H12F2N4O. The average molecular weight is 338 g/mol. The lowest BCUT2D eigenvalue weighted by atomic mass is 10.0. The van der Waals surface area contributed by atoms with Gasteiger partial charge in [0.2, 0.25) is 5.91 Å². The Bertz CT molecular complexity index is 1040. The minimum absolute atomic E-state index is 0.0294. The number of hydrogen-bond donors (Lipinski definition) is 1. The number of nitrogens with one attached hydrogen (secondary N) is 1. The lowest BCUT2D eigenvalue weighted by Crippen LogP contribution is -2.15. The number of aromatic nitrogens is 2. The molecule has 0 bridgehead atoms. The molecule has 25 heavy (non-hydrogen) atoms. The highest BCUT2D eigenvalue weighted by molar-refractivity contribution is 5.94. The second-order valence-corrected chi connectivity index (χ2v) is 5.93. The van der Waals surface area contributed by atoms with E-state index in [4.69, 9.17) is 5.26 Å². The molecule has 0 unspecified atom stereocenters. The number of fused-ring (bicyclic) bond motifs is 1. The number of nitriles is 1. The number of rotatable bonds is 3. The Hall–Kier alpha value is -3.27. The highest BCUT2D eigenvalue weighted by Crippen LogP contribution is 2.34. The zero-order valence-electron chi connectivity index (χ0n) is 12.9. The van der Waals surface area contributed by atoms with Crippen LogP contribution in [-0.2, 0) is 4.79 Å². The molecule has 1 aliphatic carbocycles. The van der Waals surface area contributed by atoms with Crippen molar-refractivity contribution in [1.82, 2.24) is 9.38 Å². The smallest absolute Gasteiger partial charge is 0.231 e. The van der Waals surface area contributed by atoms with Gasteiger partial charge in [0.15, 0.2) is 5.82 Å². The van der Waals surface area contributed by atoms with Crippen molar-refractivity contribution in [3.05, 3.63) is 54.1 Å². The van der Waals surface area contributed by atoms with Gasteiger partial charge >= 0.3 is 0 Å². The van der Waals surface area contributed by atoms with Crippen LogP contribution in [0.1, 0.15) is 12.0 Å². The molecule has 2 heterocycles. The summed E-state index contributed by atoms with van der Waals surface area (Å²) in [4.78, 5) is 16.0. The average Bonchev–Trinajstić information content (AvgIpc) is 3.19. The maximum absolute atomic E-state index is 13.8. The summed E-state index contributed by atoms with van der Waals surface area (Å²) in [5.41, 5.74) is 1.66. The Morgan fingerprint density at radius 2 is 2.12 bits per heavy atom. The molecule has 0 spiro atoms. The van der Waals surface area contributed by atoms with Gasteiger partial charge in [-0.2, -0.15) is 5.26 Å². The van der Waals surface area contributed by atoms with Gasteiger partial charge in [-0.15, -0.1) is 0 Å². The number of halogens is 2. The van der Waals surface area contributed by atoms with Crippen LogP contribution in [0.15, 0.2) is 42.7 Å². The molecule has 0 saturated heterocycles. The number of alkyl halides is 1. The van der Waals surface area contributed by atoms with E-state index in [9.17, 15) is 13.6 Å². The molecular weight excluding hydrogens is 326 g/mol. The predicted molar refractivity (Wildman–Crippen MR) is 86.9 cm³/mol. The predicted octanol–water partition coefficient (Wildman–Crippen LogP) is 3.31. The van der Waals surface area contributed by atoms with Gasteiger partial charge in [0.05, 0.1) is 17.7 Å². The van der Waals surface area contributed by atoms with Crippen LogP contribution in [0.25, 0.3) is 16.8 Å². The number of hydrogen-bond acceptors (Lipinski definition) is 3. The van der Waals surface area contributed by atoms with Gasteiger partial charge in [-0.1, -0.05) is 12.1 Å². The zero-order valence-corrected chi connectivity index (χ0v) is 12.9. The fourth-order valence-corrected chi connectivity index (χ4v) is 2.74. The van der Waals surface area contributed by atoms with E-state index in [0.717, 1.165) is 0 Å². The summed E-state index contributed by atoms with van der Waals surface area (Å²) < 4.78 is 28.4. The maximum Gasteiger partial charge on any atom is 0.231 e. The third-order valence-corrected chi connectivity index (χ3v) is 4.19. The maximum atomic E-state index is 13.8. The van der Waals surface area contributed by atoms with Gasteiger partial charge in [-0.25, -0.2) is 13.8 Å². The Kier molecular flexibility index (Phi) is 3.46. The van der Waals surface area contributed by atoms with E-state index in [1.165, 1.54) is 12.1 Å². The topological polar surface area (TPSA) is 70.2 Å². The fourth-order valence-electron chi connectivity index (χ4n) is 2.74. The first-order valence-electron chi connectivity index (χ1n) is 7.69. The van der Waals surface area contributed by atoms with Gasteiger partial charge in [-0.3, -0.25) is 4.79 Å². The summed E-state index contributed by atoms with van der Waals surface area (Å²) in [5, 5.41) is 11.8. The SMILES string of the molecule is N#Cc1c(F)cccc1-c1ccc2nc(NC(=O)[C@@H]3C[C@@H]3F)cn2c1. The molecule has 3 aromatic rings. The first kappa shape index (κ1) is 15.3. The molecule has 4 rings (SSSR count). The van der Waals surface area contributed by atoms with Crippen molar-refractivity contribution in [2.24, 2.45) is 5.92 Å². The summed E-state index contributed by atoms with van der Waals surface area (Å²) >= 11 is 0. The number of amides is 1. The first-order chi connectivity index (χ1) is 12.1. The van der Waals surface area contributed by atoms with Crippen LogP contribution in [0.5, 0.6) is 0 Å². The van der Waals surface area contributed by atoms with E-state index in [1.54, 1.807) is 35.0 Å². The molecule has 1 N–H and O–H groups in total. The molecule has 1 amide bonds. The van der Waals surface area contributed by atoms with Gasteiger partial charge < -0.3 is 9.72 Å². The van der Waals surface area contributed by atoms with Crippen LogP contribution in [0, 0.1) is 23.1 Å². The summed E-state index contributed by atoms with van der Waals surface area (Å²) in [7, 11) is 0. The summed E-state index contributed by atoms with van der Waals surface area (Å²) in [6.07, 6.45) is 2.47. The summed E-state index contributed by atoms with van der Waals surface area (Å²) in [6.45, 7) is 0. The van der Waals surface area contributed by atoms with E-state index in [1.807, 2.05) is 6.07 Å². The lowest BCUT2D eigenvalue weighted by molar-refractivity contribution is -0.117. The first-order valence-corrected chi connectivity index (χ1v) is 7.69. The van der Waals surface area contributed by atoms with Gasteiger partial charge in [-0.05, 0) is 30.2 Å². The molecule has 1 aromatic carbocycles. The molecule has 2 aromatic heterocycles.